The number of para-hydroxylation sites is 2. The molecular weight excluding hydrogens is 264 g/mol. The maximum Gasteiger partial charge on any atom is 0.248 e. The lowest BCUT2D eigenvalue weighted by Gasteiger charge is -2.13. The number of nitrogens with one attached hydrogen (secondary N) is 1. The smallest absolute Gasteiger partial charge is 0.248 e. The highest BCUT2D eigenvalue weighted by Gasteiger charge is 2.03. The molecule has 0 radical (unpaired) electrons. The Morgan fingerprint density at radius 1 is 1.14 bits per heavy atom. The average Bonchev–Trinajstić information content (AvgIpc) is 2.52. The highest BCUT2D eigenvalue weighted by molar-refractivity contribution is 5.92. The maximum absolute atomic E-state index is 11.0. The molecule has 2 rings (SSSR count). The van der Waals surface area contributed by atoms with Gasteiger partial charge in [-0.2, -0.15) is 0 Å². The van der Waals surface area contributed by atoms with E-state index in [1.807, 2.05) is 36.4 Å². The second-order valence-corrected chi connectivity index (χ2v) is 4.76. The fourth-order valence-corrected chi connectivity index (χ4v) is 1.93. The number of ether oxygens (including phenoxy) is 1. The molecule has 0 aliphatic rings. The van der Waals surface area contributed by atoms with Gasteiger partial charge in [0.05, 0.1) is 12.3 Å². The van der Waals surface area contributed by atoms with Crippen molar-refractivity contribution in [1.29, 1.82) is 0 Å². The summed E-state index contributed by atoms with van der Waals surface area (Å²) in [4.78, 5) is 11.0. The van der Waals surface area contributed by atoms with E-state index in [9.17, 15) is 4.79 Å². The van der Waals surface area contributed by atoms with Crippen molar-refractivity contribution >= 4 is 11.6 Å². The van der Waals surface area contributed by atoms with Crippen LogP contribution in [0.1, 0.15) is 29.3 Å². The van der Waals surface area contributed by atoms with Crippen LogP contribution in [0.2, 0.25) is 0 Å². The molecule has 1 amide bonds. The predicted octanol–water partition coefficient (Wildman–Crippen LogP) is 3.19. The van der Waals surface area contributed by atoms with Crippen molar-refractivity contribution in [1.82, 2.24) is 0 Å². The average molecular weight is 284 g/mol. The quantitative estimate of drug-likeness (QED) is 0.820. The highest BCUT2D eigenvalue weighted by atomic mass is 16.5. The lowest BCUT2D eigenvalue weighted by atomic mass is 10.1. The van der Waals surface area contributed by atoms with Crippen LogP contribution in [0.15, 0.2) is 48.5 Å². The number of carbonyl (C=O) groups excluding carboxylic acids is 1. The van der Waals surface area contributed by atoms with Crippen LogP contribution in [-0.2, 0) is 6.54 Å². The number of primary amides is 1. The number of hydrogen-bond acceptors (Lipinski definition) is 3. The Labute approximate surface area is 124 Å². The minimum absolute atomic E-state index is 0.409. The van der Waals surface area contributed by atoms with Gasteiger partial charge in [-0.15, -0.1) is 0 Å². The van der Waals surface area contributed by atoms with Crippen LogP contribution in [0.5, 0.6) is 5.75 Å². The van der Waals surface area contributed by atoms with Crippen LogP contribution >= 0.6 is 0 Å². The van der Waals surface area contributed by atoms with Gasteiger partial charge >= 0.3 is 0 Å². The van der Waals surface area contributed by atoms with Gasteiger partial charge in [0.1, 0.15) is 5.75 Å². The molecule has 4 heteroatoms. The molecule has 0 aliphatic carbocycles. The fourth-order valence-electron chi connectivity index (χ4n) is 1.93. The first kappa shape index (κ1) is 14.9. The zero-order valence-corrected chi connectivity index (χ0v) is 12.1. The first-order valence-corrected chi connectivity index (χ1v) is 7.05. The molecule has 0 saturated heterocycles. The fraction of sp³-hybridized carbons (Fsp3) is 0.235. The van der Waals surface area contributed by atoms with Gasteiger partial charge in [0.15, 0.2) is 0 Å². The number of benzene rings is 2. The van der Waals surface area contributed by atoms with Crippen LogP contribution in [0.25, 0.3) is 0 Å². The molecule has 0 unspecified atom stereocenters. The van der Waals surface area contributed by atoms with E-state index < -0.39 is 5.91 Å². The topological polar surface area (TPSA) is 64.3 Å². The van der Waals surface area contributed by atoms with Gasteiger partial charge in [0.25, 0.3) is 0 Å². The van der Waals surface area contributed by atoms with Crippen LogP contribution < -0.4 is 15.8 Å². The monoisotopic (exact) mass is 284 g/mol. The van der Waals surface area contributed by atoms with Crippen LogP contribution in [0, 0.1) is 0 Å². The molecule has 2 aromatic rings. The Balaban J connectivity index is 2.00. The van der Waals surface area contributed by atoms with Crippen LogP contribution in [0.4, 0.5) is 5.69 Å². The number of amides is 1. The number of rotatable bonds is 7. The van der Waals surface area contributed by atoms with Crippen molar-refractivity contribution in [2.24, 2.45) is 5.73 Å². The molecule has 0 atom stereocenters. The standard InChI is InChI=1S/C17H20N2O2/c1-2-11-21-16-6-4-3-5-15(16)19-12-13-7-9-14(10-8-13)17(18)20/h3-10,19H,2,11-12H2,1H3,(H2,18,20). The summed E-state index contributed by atoms with van der Waals surface area (Å²) in [6.45, 7) is 3.44. The molecule has 0 saturated carbocycles. The zero-order chi connectivity index (χ0) is 15.1. The first-order chi connectivity index (χ1) is 10.2. The molecule has 0 spiro atoms. The number of carbonyl (C=O) groups is 1. The molecule has 4 nitrogen and oxygen atoms in total. The van der Waals surface area contributed by atoms with Crippen LogP contribution in [0.3, 0.4) is 0 Å². The van der Waals surface area contributed by atoms with Gasteiger partial charge in [-0.1, -0.05) is 31.2 Å². The lowest BCUT2D eigenvalue weighted by molar-refractivity contribution is 0.100. The third-order valence-electron chi connectivity index (χ3n) is 3.07. The molecule has 110 valence electrons. The van der Waals surface area contributed by atoms with E-state index in [1.54, 1.807) is 12.1 Å². The van der Waals surface area contributed by atoms with Gasteiger partial charge in [-0.3, -0.25) is 4.79 Å². The summed E-state index contributed by atoms with van der Waals surface area (Å²) in [5.74, 6) is 0.445. The second-order valence-electron chi connectivity index (χ2n) is 4.76. The van der Waals surface area contributed by atoms with E-state index in [1.165, 1.54) is 0 Å². The van der Waals surface area contributed by atoms with E-state index in [2.05, 4.69) is 12.2 Å². The molecule has 0 heterocycles. The van der Waals surface area contributed by atoms with E-state index >= 15 is 0 Å². The summed E-state index contributed by atoms with van der Waals surface area (Å²) in [6.07, 6.45) is 0.975. The molecule has 2 aromatic carbocycles. The summed E-state index contributed by atoms with van der Waals surface area (Å²) in [7, 11) is 0. The molecular formula is C17H20N2O2. The van der Waals surface area contributed by atoms with Crippen molar-refractivity contribution in [3.63, 3.8) is 0 Å². The summed E-state index contributed by atoms with van der Waals surface area (Å²) < 4.78 is 5.70. The van der Waals surface area contributed by atoms with E-state index in [0.717, 1.165) is 23.4 Å². The van der Waals surface area contributed by atoms with Crippen molar-refractivity contribution in [3.05, 3.63) is 59.7 Å². The highest BCUT2D eigenvalue weighted by Crippen LogP contribution is 2.24. The second kappa shape index (κ2) is 7.33. The van der Waals surface area contributed by atoms with Gasteiger partial charge in [0, 0.05) is 12.1 Å². The predicted molar refractivity (Wildman–Crippen MR) is 84.5 cm³/mol. The zero-order valence-electron chi connectivity index (χ0n) is 12.1. The summed E-state index contributed by atoms with van der Waals surface area (Å²) in [6, 6.07) is 15.1. The molecule has 0 aromatic heterocycles. The molecule has 3 N–H and O–H groups in total. The van der Waals surface area contributed by atoms with E-state index in [-0.39, 0.29) is 0 Å². The number of hydrogen-bond donors (Lipinski definition) is 2. The van der Waals surface area contributed by atoms with Crippen molar-refractivity contribution < 1.29 is 9.53 Å². The summed E-state index contributed by atoms with van der Waals surface area (Å²) in [5.41, 5.74) is 7.78. The Bertz CT molecular complexity index is 594. The van der Waals surface area contributed by atoms with Gasteiger partial charge in [-0.05, 0) is 36.2 Å². The Hall–Kier alpha value is -2.49. The van der Waals surface area contributed by atoms with Gasteiger partial charge in [0.2, 0.25) is 5.91 Å². The Kier molecular flexibility index (Phi) is 5.21. The SMILES string of the molecule is CCCOc1ccccc1NCc1ccc(C(N)=O)cc1. The number of nitrogens with two attached hydrogens (primary N) is 1. The molecule has 0 fully saturated rings. The third-order valence-corrected chi connectivity index (χ3v) is 3.07. The normalized spacial score (nSPS) is 10.1. The van der Waals surface area contributed by atoms with Crippen molar-refractivity contribution in [2.75, 3.05) is 11.9 Å². The summed E-state index contributed by atoms with van der Waals surface area (Å²) >= 11 is 0. The largest absolute Gasteiger partial charge is 0.491 e. The minimum atomic E-state index is -0.409. The third kappa shape index (κ3) is 4.24. The van der Waals surface area contributed by atoms with Crippen molar-refractivity contribution in [3.8, 4) is 5.75 Å². The van der Waals surface area contributed by atoms with Gasteiger partial charge in [-0.25, -0.2) is 0 Å². The van der Waals surface area contributed by atoms with E-state index in [4.69, 9.17) is 10.5 Å². The minimum Gasteiger partial charge on any atom is -0.491 e. The van der Waals surface area contributed by atoms with Gasteiger partial charge < -0.3 is 15.8 Å². The van der Waals surface area contributed by atoms with Crippen LogP contribution in [-0.4, -0.2) is 12.5 Å². The lowest BCUT2D eigenvalue weighted by Crippen LogP contribution is -2.10. The van der Waals surface area contributed by atoms with E-state index in [0.29, 0.717) is 18.7 Å². The van der Waals surface area contributed by atoms with Crippen molar-refractivity contribution in [2.45, 2.75) is 19.9 Å². The molecule has 0 aliphatic heterocycles. The molecule has 21 heavy (non-hydrogen) atoms. The Morgan fingerprint density at radius 2 is 1.86 bits per heavy atom. The first-order valence-electron chi connectivity index (χ1n) is 7.05. The maximum atomic E-state index is 11.0. The molecule has 0 bridgehead atoms. The summed E-state index contributed by atoms with van der Waals surface area (Å²) in [5, 5.41) is 3.35. The Morgan fingerprint density at radius 3 is 2.52 bits per heavy atom. The number of anilines is 1.